The van der Waals surface area contributed by atoms with Gasteiger partial charge < -0.3 is 5.11 Å². The van der Waals surface area contributed by atoms with Gasteiger partial charge in [-0.15, -0.1) is 0 Å². The summed E-state index contributed by atoms with van der Waals surface area (Å²) in [6, 6.07) is 9.44. The van der Waals surface area contributed by atoms with Gasteiger partial charge in [0.2, 0.25) is 0 Å². The Bertz CT molecular complexity index is 884. The molecule has 134 valence electrons. The minimum atomic E-state index is -0.750. The highest BCUT2D eigenvalue weighted by Gasteiger charge is 2.46. The van der Waals surface area contributed by atoms with E-state index in [1.54, 1.807) is 69.6 Å². The van der Waals surface area contributed by atoms with Gasteiger partial charge in [-0.05, 0) is 35.9 Å². The monoisotopic (exact) mass is 370 g/mol. The van der Waals surface area contributed by atoms with E-state index in [0.717, 1.165) is 0 Å². The number of carbonyl (C=O) groups excluding carboxylic acids is 2. The second-order valence-corrected chi connectivity index (χ2v) is 7.62. The van der Waals surface area contributed by atoms with Gasteiger partial charge in [-0.3, -0.25) is 19.5 Å². The summed E-state index contributed by atoms with van der Waals surface area (Å²) in [4.78, 5) is 31.3. The van der Waals surface area contributed by atoms with Gasteiger partial charge >= 0.3 is 0 Å². The second-order valence-electron chi connectivity index (χ2n) is 7.18. The van der Waals surface area contributed by atoms with E-state index < -0.39 is 23.1 Å². The van der Waals surface area contributed by atoms with Gasteiger partial charge in [0, 0.05) is 28.5 Å². The van der Waals surface area contributed by atoms with Crippen molar-refractivity contribution < 1.29 is 14.7 Å². The van der Waals surface area contributed by atoms with E-state index in [1.165, 1.54) is 4.90 Å². The summed E-state index contributed by atoms with van der Waals surface area (Å²) in [6.45, 7) is 5.27. The Morgan fingerprint density at radius 1 is 1.19 bits per heavy atom. The number of aliphatic hydroxyl groups excluding tert-OH is 1. The number of amides is 1. The SMILES string of the molecule is CC(C)(C)C(=O)C1=C(O)C(=O)N(c2ccc(Cl)cc2)C1c1cccnc1. The zero-order valence-corrected chi connectivity index (χ0v) is 15.5. The number of aromatic nitrogens is 1. The zero-order valence-electron chi connectivity index (χ0n) is 14.7. The minimum absolute atomic E-state index is 0.0884. The normalized spacial score (nSPS) is 17.8. The van der Waals surface area contributed by atoms with Crippen LogP contribution >= 0.6 is 11.6 Å². The lowest BCUT2D eigenvalue weighted by Gasteiger charge is -2.28. The Labute approximate surface area is 156 Å². The van der Waals surface area contributed by atoms with Crippen molar-refractivity contribution in [1.82, 2.24) is 4.98 Å². The van der Waals surface area contributed by atoms with Crippen LogP contribution in [-0.2, 0) is 9.59 Å². The summed E-state index contributed by atoms with van der Waals surface area (Å²) in [6.07, 6.45) is 3.21. The zero-order chi connectivity index (χ0) is 19.1. The molecule has 6 heteroatoms. The van der Waals surface area contributed by atoms with Crippen molar-refractivity contribution in [1.29, 1.82) is 0 Å². The molecule has 0 bridgehead atoms. The quantitative estimate of drug-likeness (QED) is 0.876. The maximum atomic E-state index is 13.0. The highest BCUT2D eigenvalue weighted by atomic mass is 35.5. The summed E-state index contributed by atoms with van der Waals surface area (Å²) in [7, 11) is 0. The second kappa shape index (κ2) is 6.57. The number of hydrogen-bond donors (Lipinski definition) is 1. The summed E-state index contributed by atoms with van der Waals surface area (Å²) < 4.78 is 0. The minimum Gasteiger partial charge on any atom is -0.503 e. The number of Topliss-reactive ketones (excluding diaryl/α,β-unsaturated/α-hetero) is 1. The van der Waals surface area contributed by atoms with Crippen molar-refractivity contribution in [2.45, 2.75) is 26.8 Å². The molecule has 1 aliphatic heterocycles. The van der Waals surface area contributed by atoms with Crippen molar-refractivity contribution in [2.24, 2.45) is 5.41 Å². The average Bonchev–Trinajstić information content (AvgIpc) is 2.86. The fraction of sp³-hybridized carbons (Fsp3) is 0.250. The number of halogens is 1. The number of anilines is 1. The van der Waals surface area contributed by atoms with Gasteiger partial charge in [-0.2, -0.15) is 0 Å². The van der Waals surface area contributed by atoms with E-state index in [1.807, 2.05) is 0 Å². The molecule has 1 aromatic heterocycles. The van der Waals surface area contributed by atoms with Gasteiger partial charge in [0.05, 0.1) is 11.6 Å². The number of hydrogen-bond acceptors (Lipinski definition) is 4. The first-order valence-corrected chi connectivity index (χ1v) is 8.56. The van der Waals surface area contributed by atoms with Crippen LogP contribution in [0.4, 0.5) is 5.69 Å². The van der Waals surface area contributed by atoms with Crippen LogP contribution in [0, 0.1) is 5.41 Å². The van der Waals surface area contributed by atoms with Gasteiger partial charge in [-0.1, -0.05) is 38.4 Å². The number of rotatable bonds is 3. The molecule has 26 heavy (non-hydrogen) atoms. The van der Waals surface area contributed by atoms with Crippen molar-refractivity contribution >= 4 is 29.0 Å². The van der Waals surface area contributed by atoms with Crippen LogP contribution in [0.15, 0.2) is 60.1 Å². The van der Waals surface area contributed by atoms with Crippen LogP contribution in [0.5, 0.6) is 0 Å². The van der Waals surface area contributed by atoms with Crippen molar-refractivity contribution in [3.8, 4) is 0 Å². The van der Waals surface area contributed by atoms with Gasteiger partial charge in [0.15, 0.2) is 11.5 Å². The largest absolute Gasteiger partial charge is 0.503 e. The molecule has 1 aliphatic rings. The van der Waals surface area contributed by atoms with E-state index in [2.05, 4.69) is 4.98 Å². The fourth-order valence-corrected chi connectivity index (χ4v) is 3.09. The summed E-state index contributed by atoms with van der Waals surface area (Å²) >= 11 is 5.95. The Balaban J connectivity index is 2.19. The molecule has 0 saturated carbocycles. The molecule has 0 fully saturated rings. The lowest BCUT2D eigenvalue weighted by molar-refractivity contribution is -0.123. The van der Waals surface area contributed by atoms with Crippen LogP contribution in [0.25, 0.3) is 0 Å². The van der Waals surface area contributed by atoms with Crippen LogP contribution in [-0.4, -0.2) is 21.8 Å². The third-order valence-corrected chi connectivity index (χ3v) is 4.49. The highest BCUT2D eigenvalue weighted by molar-refractivity contribution is 6.30. The Morgan fingerprint density at radius 3 is 2.38 bits per heavy atom. The topological polar surface area (TPSA) is 70.5 Å². The van der Waals surface area contributed by atoms with Crippen LogP contribution in [0.2, 0.25) is 5.02 Å². The molecular weight excluding hydrogens is 352 g/mol. The van der Waals surface area contributed by atoms with Crippen LogP contribution in [0.1, 0.15) is 32.4 Å². The van der Waals surface area contributed by atoms with E-state index in [0.29, 0.717) is 16.3 Å². The van der Waals surface area contributed by atoms with Gasteiger partial charge in [-0.25, -0.2) is 0 Å². The van der Waals surface area contributed by atoms with E-state index in [4.69, 9.17) is 11.6 Å². The Morgan fingerprint density at radius 2 is 1.85 bits per heavy atom. The number of pyridine rings is 1. The maximum absolute atomic E-state index is 13.0. The molecule has 0 saturated heterocycles. The molecule has 2 aromatic rings. The average molecular weight is 371 g/mol. The van der Waals surface area contributed by atoms with Gasteiger partial charge in [0.1, 0.15) is 0 Å². The number of aliphatic hydroxyl groups is 1. The first-order valence-electron chi connectivity index (χ1n) is 8.19. The molecular formula is C20H19ClN2O3. The van der Waals surface area contributed by atoms with Crippen LogP contribution in [0.3, 0.4) is 0 Å². The lowest BCUT2D eigenvalue weighted by atomic mass is 9.82. The number of nitrogens with zero attached hydrogens (tertiary/aromatic N) is 2. The molecule has 0 spiro atoms. The Hall–Kier alpha value is -2.66. The van der Waals surface area contributed by atoms with E-state index in [-0.39, 0.29) is 11.4 Å². The third kappa shape index (κ3) is 3.10. The molecule has 0 radical (unpaired) electrons. The molecule has 3 rings (SSSR count). The molecule has 2 heterocycles. The first-order chi connectivity index (χ1) is 12.2. The lowest BCUT2D eigenvalue weighted by Crippen LogP contribution is -2.32. The van der Waals surface area contributed by atoms with Crippen LogP contribution < -0.4 is 4.90 Å². The fourth-order valence-electron chi connectivity index (χ4n) is 2.96. The number of carbonyl (C=O) groups is 2. The van der Waals surface area contributed by atoms with E-state index in [9.17, 15) is 14.7 Å². The molecule has 0 aliphatic carbocycles. The number of benzene rings is 1. The molecule has 1 unspecified atom stereocenters. The highest BCUT2D eigenvalue weighted by Crippen LogP contribution is 2.43. The number of ketones is 1. The van der Waals surface area contributed by atoms with Crippen molar-refractivity contribution in [3.63, 3.8) is 0 Å². The molecule has 1 amide bonds. The summed E-state index contributed by atoms with van der Waals surface area (Å²) in [5.74, 6) is -1.42. The maximum Gasteiger partial charge on any atom is 0.294 e. The molecule has 1 N–H and O–H groups in total. The standard InChI is InChI=1S/C20H19ClN2O3/c1-20(2,3)18(25)15-16(12-5-4-10-22-11-12)23(19(26)17(15)24)14-8-6-13(21)7-9-14/h4-11,16,24H,1-3H3. The Kier molecular flexibility index (Phi) is 4.59. The molecule has 1 atom stereocenters. The van der Waals surface area contributed by atoms with Gasteiger partial charge in [0.25, 0.3) is 5.91 Å². The molecule has 5 nitrogen and oxygen atoms in total. The van der Waals surface area contributed by atoms with Crippen molar-refractivity contribution in [2.75, 3.05) is 4.90 Å². The summed E-state index contributed by atoms with van der Waals surface area (Å²) in [5, 5.41) is 11.1. The smallest absolute Gasteiger partial charge is 0.294 e. The molecule has 1 aromatic carbocycles. The van der Waals surface area contributed by atoms with Crippen molar-refractivity contribution in [3.05, 3.63) is 70.7 Å². The predicted molar refractivity (Wildman–Crippen MR) is 100 cm³/mol. The first kappa shape index (κ1) is 18.1. The third-order valence-electron chi connectivity index (χ3n) is 4.24. The summed E-state index contributed by atoms with van der Waals surface area (Å²) in [5.41, 5.74) is 0.523. The van der Waals surface area contributed by atoms with E-state index >= 15 is 0 Å². The predicted octanol–water partition coefficient (Wildman–Crippen LogP) is 4.25.